The van der Waals surface area contributed by atoms with Gasteiger partial charge in [-0.1, -0.05) is 0 Å². The monoisotopic (exact) mass is 158 g/mol. The lowest BCUT2D eigenvalue weighted by Gasteiger charge is -1.93. The van der Waals surface area contributed by atoms with Gasteiger partial charge in [0, 0.05) is 0 Å². The highest BCUT2D eigenvalue weighted by Gasteiger charge is 2.00. The molecule has 0 aliphatic carbocycles. The van der Waals surface area contributed by atoms with Gasteiger partial charge in [-0.2, -0.15) is 0 Å². The Morgan fingerprint density at radius 1 is 1.90 bits per heavy atom. The van der Waals surface area contributed by atoms with E-state index in [1.807, 2.05) is 0 Å². The number of carbonyl (C=O) groups excluding carboxylic acids is 1. The van der Waals surface area contributed by atoms with Crippen LogP contribution in [0.15, 0.2) is 5.51 Å². The summed E-state index contributed by atoms with van der Waals surface area (Å²) >= 11 is 1.37. The van der Waals surface area contributed by atoms with Crippen molar-refractivity contribution in [3.05, 3.63) is 10.4 Å². The third-order valence-electron chi connectivity index (χ3n) is 0.955. The van der Waals surface area contributed by atoms with E-state index in [2.05, 4.69) is 9.72 Å². The Hall–Kier alpha value is -1.10. The van der Waals surface area contributed by atoms with Crippen LogP contribution in [-0.4, -0.2) is 11.5 Å². The van der Waals surface area contributed by atoms with Gasteiger partial charge in [0.05, 0.1) is 10.4 Å². The summed E-state index contributed by atoms with van der Waals surface area (Å²) in [4.78, 5) is 14.3. The second kappa shape index (κ2) is 3.17. The van der Waals surface area contributed by atoms with Crippen molar-refractivity contribution in [2.24, 2.45) is 0 Å². The number of ether oxygens (including phenoxy) is 1. The number of nitrogen functional groups attached to an aromatic ring is 1. The first kappa shape index (κ1) is 7.01. The van der Waals surface area contributed by atoms with Crippen LogP contribution in [-0.2, 0) is 16.1 Å². The third kappa shape index (κ3) is 1.44. The van der Waals surface area contributed by atoms with Crippen LogP contribution in [0.4, 0.5) is 5.82 Å². The standard InChI is InChI=1S/C5H6N2O2S/c6-5-4(1-9-3-8)10-2-7-5/h2-3H,1,6H2. The van der Waals surface area contributed by atoms with Crippen molar-refractivity contribution in [1.82, 2.24) is 4.98 Å². The minimum Gasteiger partial charge on any atom is -0.462 e. The summed E-state index contributed by atoms with van der Waals surface area (Å²) in [5.74, 6) is 0.437. The number of hydrogen-bond acceptors (Lipinski definition) is 5. The molecule has 1 aromatic heterocycles. The predicted molar refractivity (Wildman–Crippen MR) is 37.4 cm³/mol. The molecule has 0 spiro atoms. The molecular formula is C5H6N2O2S. The number of carbonyl (C=O) groups is 1. The first-order valence-corrected chi connectivity index (χ1v) is 3.45. The summed E-state index contributed by atoms with van der Waals surface area (Å²) in [5.41, 5.74) is 6.99. The average Bonchev–Trinajstić information content (AvgIpc) is 2.31. The normalized spacial score (nSPS) is 9.20. The number of anilines is 1. The summed E-state index contributed by atoms with van der Waals surface area (Å²) in [6, 6.07) is 0. The van der Waals surface area contributed by atoms with E-state index in [0.29, 0.717) is 12.3 Å². The van der Waals surface area contributed by atoms with Crippen molar-refractivity contribution in [2.75, 3.05) is 5.73 Å². The largest absolute Gasteiger partial charge is 0.462 e. The van der Waals surface area contributed by atoms with Crippen LogP contribution in [0.3, 0.4) is 0 Å². The SMILES string of the molecule is Nc1ncsc1COC=O. The Morgan fingerprint density at radius 2 is 2.70 bits per heavy atom. The predicted octanol–water partition coefficient (Wildman–Crippen LogP) is 0.398. The topological polar surface area (TPSA) is 65.2 Å². The van der Waals surface area contributed by atoms with E-state index in [1.165, 1.54) is 11.3 Å². The van der Waals surface area contributed by atoms with E-state index in [0.717, 1.165) is 4.88 Å². The second-order valence-corrected chi connectivity index (χ2v) is 2.51. The van der Waals surface area contributed by atoms with E-state index in [9.17, 15) is 4.79 Å². The molecule has 5 heteroatoms. The van der Waals surface area contributed by atoms with Crippen molar-refractivity contribution in [3.8, 4) is 0 Å². The average molecular weight is 158 g/mol. The minimum atomic E-state index is 0.222. The van der Waals surface area contributed by atoms with Gasteiger partial charge in [0.25, 0.3) is 6.47 Å². The molecule has 0 saturated heterocycles. The lowest BCUT2D eigenvalue weighted by molar-refractivity contribution is -0.129. The van der Waals surface area contributed by atoms with Crippen molar-refractivity contribution in [1.29, 1.82) is 0 Å². The molecular weight excluding hydrogens is 152 g/mol. The van der Waals surface area contributed by atoms with Crippen molar-refractivity contribution >= 4 is 23.6 Å². The van der Waals surface area contributed by atoms with Crippen LogP contribution < -0.4 is 5.73 Å². The summed E-state index contributed by atoms with van der Waals surface area (Å²) in [6.07, 6.45) is 0. The quantitative estimate of drug-likeness (QED) is 0.646. The fraction of sp³-hybridized carbons (Fsp3) is 0.200. The fourth-order valence-electron chi connectivity index (χ4n) is 0.497. The molecule has 0 bridgehead atoms. The van der Waals surface area contributed by atoms with Crippen molar-refractivity contribution in [3.63, 3.8) is 0 Å². The van der Waals surface area contributed by atoms with Gasteiger partial charge < -0.3 is 10.5 Å². The Morgan fingerprint density at radius 3 is 3.20 bits per heavy atom. The van der Waals surface area contributed by atoms with Crippen LogP contribution in [0.5, 0.6) is 0 Å². The van der Waals surface area contributed by atoms with Gasteiger partial charge in [0.2, 0.25) is 0 Å². The zero-order valence-corrected chi connectivity index (χ0v) is 5.93. The van der Waals surface area contributed by atoms with Gasteiger partial charge in [-0.3, -0.25) is 4.79 Å². The first-order chi connectivity index (χ1) is 4.84. The molecule has 54 valence electrons. The van der Waals surface area contributed by atoms with Crippen LogP contribution in [0.1, 0.15) is 4.88 Å². The lowest BCUT2D eigenvalue weighted by Crippen LogP contribution is -1.93. The highest BCUT2D eigenvalue weighted by Crippen LogP contribution is 2.15. The van der Waals surface area contributed by atoms with Gasteiger partial charge in [-0.05, 0) is 0 Å². The van der Waals surface area contributed by atoms with E-state index < -0.39 is 0 Å². The smallest absolute Gasteiger partial charge is 0.293 e. The summed E-state index contributed by atoms with van der Waals surface area (Å²) in [6.45, 7) is 0.610. The highest BCUT2D eigenvalue weighted by atomic mass is 32.1. The lowest BCUT2D eigenvalue weighted by atomic mass is 10.5. The minimum absolute atomic E-state index is 0.222. The molecule has 0 aliphatic rings. The molecule has 1 aromatic rings. The van der Waals surface area contributed by atoms with Crippen LogP contribution in [0.2, 0.25) is 0 Å². The molecule has 1 rings (SSSR count). The zero-order valence-electron chi connectivity index (χ0n) is 5.11. The summed E-state index contributed by atoms with van der Waals surface area (Å²) < 4.78 is 4.47. The number of nitrogens with two attached hydrogens (primary N) is 1. The van der Waals surface area contributed by atoms with Crippen LogP contribution >= 0.6 is 11.3 Å². The maximum absolute atomic E-state index is 9.73. The number of rotatable bonds is 3. The van der Waals surface area contributed by atoms with Crippen LogP contribution in [0.25, 0.3) is 0 Å². The Kier molecular flexibility index (Phi) is 2.22. The maximum Gasteiger partial charge on any atom is 0.293 e. The van der Waals surface area contributed by atoms with Crippen LogP contribution in [0, 0.1) is 0 Å². The Balaban J connectivity index is 2.56. The molecule has 10 heavy (non-hydrogen) atoms. The Labute approximate surface area is 61.6 Å². The van der Waals surface area contributed by atoms with E-state index >= 15 is 0 Å². The van der Waals surface area contributed by atoms with E-state index in [4.69, 9.17) is 5.73 Å². The first-order valence-electron chi connectivity index (χ1n) is 2.57. The number of nitrogens with zero attached hydrogens (tertiary/aromatic N) is 1. The molecule has 0 amide bonds. The molecule has 0 aromatic carbocycles. The van der Waals surface area contributed by atoms with Gasteiger partial charge in [-0.25, -0.2) is 4.98 Å². The van der Waals surface area contributed by atoms with Gasteiger partial charge in [0.1, 0.15) is 12.4 Å². The van der Waals surface area contributed by atoms with Gasteiger partial charge in [0.15, 0.2) is 0 Å². The van der Waals surface area contributed by atoms with E-state index in [-0.39, 0.29) is 6.61 Å². The van der Waals surface area contributed by atoms with Crippen molar-refractivity contribution < 1.29 is 9.53 Å². The second-order valence-electron chi connectivity index (χ2n) is 1.57. The fourth-order valence-corrected chi connectivity index (χ4v) is 1.10. The molecule has 0 aliphatic heterocycles. The van der Waals surface area contributed by atoms with Gasteiger partial charge in [-0.15, -0.1) is 11.3 Å². The molecule has 0 saturated carbocycles. The van der Waals surface area contributed by atoms with Crippen molar-refractivity contribution in [2.45, 2.75) is 6.61 Å². The Bertz CT molecular complexity index is 223. The number of thiazole rings is 1. The molecule has 2 N–H and O–H groups in total. The summed E-state index contributed by atoms with van der Waals surface area (Å²) in [7, 11) is 0. The molecule has 0 radical (unpaired) electrons. The third-order valence-corrected chi connectivity index (χ3v) is 1.78. The highest BCUT2D eigenvalue weighted by molar-refractivity contribution is 7.10. The van der Waals surface area contributed by atoms with E-state index in [1.54, 1.807) is 5.51 Å². The molecule has 4 nitrogen and oxygen atoms in total. The molecule has 0 unspecified atom stereocenters. The maximum atomic E-state index is 9.73. The number of hydrogen-bond donors (Lipinski definition) is 1. The molecule has 0 atom stereocenters. The molecule has 1 heterocycles. The van der Waals surface area contributed by atoms with Gasteiger partial charge >= 0.3 is 0 Å². The molecule has 0 fully saturated rings. The number of aromatic nitrogens is 1. The zero-order chi connectivity index (χ0) is 7.40. The summed E-state index contributed by atoms with van der Waals surface area (Å²) in [5, 5.41) is 0.